The monoisotopic (exact) mass is 315 g/mol. The number of hydrogen-bond donors (Lipinski definition) is 2. The van der Waals surface area contributed by atoms with Gasteiger partial charge in [-0.1, -0.05) is 19.1 Å². The molecule has 23 heavy (non-hydrogen) atoms. The highest BCUT2D eigenvalue weighted by Crippen LogP contribution is 2.36. The third-order valence-electron chi connectivity index (χ3n) is 4.95. The van der Waals surface area contributed by atoms with Crippen molar-refractivity contribution < 1.29 is 14.4 Å². The molecule has 1 aromatic carbocycles. The zero-order valence-corrected chi connectivity index (χ0v) is 13.2. The SMILES string of the molecule is CC1CCC2(CC1)NC(=O)N(Cc1ccc(C(N)=O)cc1)C2=O. The molecule has 1 saturated heterocycles. The number of urea groups is 1. The van der Waals surface area contributed by atoms with E-state index in [2.05, 4.69) is 12.2 Å². The summed E-state index contributed by atoms with van der Waals surface area (Å²) in [6.07, 6.45) is 3.31. The quantitative estimate of drug-likeness (QED) is 0.833. The van der Waals surface area contributed by atoms with Gasteiger partial charge < -0.3 is 11.1 Å². The lowest BCUT2D eigenvalue weighted by Gasteiger charge is -2.33. The highest BCUT2D eigenvalue weighted by molar-refractivity contribution is 6.07. The van der Waals surface area contributed by atoms with Crippen LogP contribution in [-0.4, -0.2) is 28.3 Å². The van der Waals surface area contributed by atoms with Gasteiger partial charge in [0.05, 0.1) is 6.54 Å². The fourth-order valence-corrected chi connectivity index (χ4v) is 3.37. The molecule has 1 aliphatic carbocycles. The maximum atomic E-state index is 12.7. The van der Waals surface area contributed by atoms with Crippen molar-refractivity contribution in [3.05, 3.63) is 35.4 Å². The van der Waals surface area contributed by atoms with Gasteiger partial charge in [-0.2, -0.15) is 0 Å². The highest BCUT2D eigenvalue weighted by Gasteiger charge is 2.51. The predicted octanol–water partition coefficient (Wildman–Crippen LogP) is 1.79. The molecular weight excluding hydrogens is 294 g/mol. The third kappa shape index (κ3) is 2.81. The Hall–Kier alpha value is -2.37. The first-order valence-electron chi connectivity index (χ1n) is 7.94. The highest BCUT2D eigenvalue weighted by atomic mass is 16.2. The number of primary amides is 1. The lowest BCUT2D eigenvalue weighted by atomic mass is 9.77. The van der Waals surface area contributed by atoms with Crippen LogP contribution in [0.4, 0.5) is 4.79 Å². The zero-order valence-electron chi connectivity index (χ0n) is 13.2. The van der Waals surface area contributed by atoms with Gasteiger partial charge >= 0.3 is 6.03 Å². The minimum absolute atomic E-state index is 0.131. The first-order chi connectivity index (χ1) is 10.9. The van der Waals surface area contributed by atoms with E-state index in [4.69, 9.17) is 5.73 Å². The smallest absolute Gasteiger partial charge is 0.325 e. The van der Waals surface area contributed by atoms with Crippen LogP contribution in [0.5, 0.6) is 0 Å². The molecule has 2 fully saturated rings. The normalized spacial score (nSPS) is 27.3. The molecule has 1 heterocycles. The van der Waals surface area contributed by atoms with Crippen molar-refractivity contribution in [3.8, 4) is 0 Å². The van der Waals surface area contributed by atoms with E-state index in [1.807, 2.05) is 0 Å². The molecule has 1 aromatic rings. The average Bonchev–Trinajstić information content (AvgIpc) is 2.75. The van der Waals surface area contributed by atoms with Crippen LogP contribution in [-0.2, 0) is 11.3 Å². The second-order valence-corrected chi connectivity index (χ2v) is 6.65. The Morgan fingerprint density at radius 3 is 2.43 bits per heavy atom. The Morgan fingerprint density at radius 2 is 1.87 bits per heavy atom. The molecule has 0 aromatic heterocycles. The van der Waals surface area contributed by atoms with Crippen molar-refractivity contribution in [2.75, 3.05) is 0 Å². The Morgan fingerprint density at radius 1 is 1.26 bits per heavy atom. The van der Waals surface area contributed by atoms with Crippen molar-refractivity contribution in [1.82, 2.24) is 10.2 Å². The van der Waals surface area contributed by atoms with Gasteiger partial charge in [0.2, 0.25) is 5.91 Å². The van der Waals surface area contributed by atoms with Gasteiger partial charge in [0.1, 0.15) is 5.54 Å². The minimum Gasteiger partial charge on any atom is -0.366 e. The van der Waals surface area contributed by atoms with Crippen molar-refractivity contribution >= 4 is 17.8 Å². The van der Waals surface area contributed by atoms with Crippen LogP contribution in [0.3, 0.4) is 0 Å². The summed E-state index contributed by atoms with van der Waals surface area (Å²) in [6, 6.07) is 6.31. The molecule has 0 unspecified atom stereocenters. The van der Waals surface area contributed by atoms with E-state index in [-0.39, 0.29) is 18.5 Å². The van der Waals surface area contributed by atoms with Gasteiger partial charge in [0, 0.05) is 5.56 Å². The first-order valence-corrected chi connectivity index (χ1v) is 7.94. The molecule has 2 aliphatic rings. The summed E-state index contributed by atoms with van der Waals surface area (Å²) >= 11 is 0. The number of rotatable bonds is 3. The lowest BCUT2D eigenvalue weighted by Crippen LogP contribution is -2.49. The Labute approximate surface area is 135 Å². The third-order valence-corrected chi connectivity index (χ3v) is 4.95. The zero-order chi connectivity index (χ0) is 16.6. The second-order valence-electron chi connectivity index (χ2n) is 6.65. The van der Waals surface area contributed by atoms with Crippen LogP contribution in [0.25, 0.3) is 0 Å². The summed E-state index contributed by atoms with van der Waals surface area (Å²) in [6.45, 7) is 2.38. The summed E-state index contributed by atoms with van der Waals surface area (Å²) in [7, 11) is 0. The summed E-state index contributed by atoms with van der Waals surface area (Å²) in [5.74, 6) is -0.0316. The maximum Gasteiger partial charge on any atom is 0.325 e. The number of nitrogens with one attached hydrogen (secondary N) is 1. The Kier molecular flexibility index (Phi) is 3.83. The molecule has 0 radical (unpaired) electrons. The molecule has 6 heteroatoms. The van der Waals surface area contributed by atoms with E-state index in [1.165, 1.54) is 4.90 Å². The summed E-state index contributed by atoms with van der Waals surface area (Å²) < 4.78 is 0. The van der Waals surface area contributed by atoms with E-state index < -0.39 is 11.4 Å². The van der Waals surface area contributed by atoms with Crippen LogP contribution in [0.15, 0.2) is 24.3 Å². The molecule has 122 valence electrons. The van der Waals surface area contributed by atoms with Crippen molar-refractivity contribution in [2.45, 2.75) is 44.7 Å². The van der Waals surface area contributed by atoms with Crippen LogP contribution >= 0.6 is 0 Å². The van der Waals surface area contributed by atoms with Crippen molar-refractivity contribution in [3.63, 3.8) is 0 Å². The average molecular weight is 315 g/mol. The topological polar surface area (TPSA) is 92.5 Å². The van der Waals surface area contributed by atoms with Crippen molar-refractivity contribution in [2.24, 2.45) is 11.7 Å². The largest absolute Gasteiger partial charge is 0.366 e. The molecule has 1 aliphatic heterocycles. The molecule has 3 rings (SSSR count). The van der Waals surface area contributed by atoms with Gasteiger partial charge in [-0.15, -0.1) is 0 Å². The van der Waals surface area contributed by atoms with E-state index in [0.717, 1.165) is 18.4 Å². The first kappa shape index (κ1) is 15.5. The van der Waals surface area contributed by atoms with E-state index >= 15 is 0 Å². The van der Waals surface area contributed by atoms with Gasteiger partial charge in [-0.3, -0.25) is 14.5 Å². The van der Waals surface area contributed by atoms with Gasteiger partial charge in [-0.05, 0) is 49.3 Å². The summed E-state index contributed by atoms with van der Waals surface area (Å²) in [5.41, 5.74) is 5.69. The standard InChI is InChI=1S/C17H21N3O3/c1-11-6-8-17(9-7-11)15(22)20(16(23)19-17)10-12-2-4-13(5-3-12)14(18)21/h2-5,11H,6-10H2,1H3,(H2,18,21)(H,19,23). The molecule has 1 saturated carbocycles. The molecule has 0 atom stereocenters. The van der Waals surface area contributed by atoms with E-state index in [0.29, 0.717) is 24.3 Å². The number of carbonyl (C=O) groups is 3. The van der Waals surface area contributed by atoms with Gasteiger partial charge in [0.25, 0.3) is 5.91 Å². The number of benzene rings is 1. The number of nitrogens with two attached hydrogens (primary N) is 1. The van der Waals surface area contributed by atoms with E-state index in [1.54, 1.807) is 24.3 Å². The summed E-state index contributed by atoms with van der Waals surface area (Å²) in [4.78, 5) is 37.3. The van der Waals surface area contributed by atoms with Gasteiger partial charge in [0.15, 0.2) is 0 Å². The summed E-state index contributed by atoms with van der Waals surface area (Å²) in [5, 5.41) is 2.90. The number of carbonyl (C=O) groups excluding carboxylic acids is 3. The number of hydrogen-bond acceptors (Lipinski definition) is 3. The maximum absolute atomic E-state index is 12.7. The predicted molar refractivity (Wildman–Crippen MR) is 84.4 cm³/mol. The number of amides is 4. The minimum atomic E-state index is -0.712. The van der Waals surface area contributed by atoms with Crippen LogP contribution < -0.4 is 11.1 Å². The fourth-order valence-electron chi connectivity index (χ4n) is 3.37. The number of nitrogens with zero attached hydrogens (tertiary/aromatic N) is 1. The number of imide groups is 1. The molecule has 1 spiro atoms. The van der Waals surface area contributed by atoms with Gasteiger partial charge in [-0.25, -0.2) is 4.79 Å². The Balaban J connectivity index is 1.74. The molecule has 0 bridgehead atoms. The lowest BCUT2D eigenvalue weighted by molar-refractivity contribution is -0.133. The molecule has 4 amide bonds. The van der Waals surface area contributed by atoms with Crippen molar-refractivity contribution in [1.29, 1.82) is 0 Å². The molecule has 6 nitrogen and oxygen atoms in total. The second kappa shape index (κ2) is 5.68. The fraction of sp³-hybridized carbons (Fsp3) is 0.471. The van der Waals surface area contributed by atoms with Crippen LogP contribution in [0, 0.1) is 5.92 Å². The van der Waals surface area contributed by atoms with Crippen LogP contribution in [0.2, 0.25) is 0 Å². The molecule has 3 N–H and O–H groups in total. The Bertz CT molecular complexity index is 646. The van der Waals surface area contributed by atoms with E-state index in [9.17, 15) is 14.4 Å². The molecular formula is C17H21N3O3. The van der Waals surface area contributed by atoms with Crippen LogP contribution in [0.1, 0.15) is 48.5 Å².